The fourth-order valence-electron chi connectivity index (χ4n) is 2.41. The van der Waals surface area contributed by atoms with Crippen molar-refractivity contribution >= 4 is 33.5 Å². The van der Waals surface area contributed by atoms with Crippen molar-refractivity contribution in [3.05, 3.63) is 28.4 Å². The zero-order chi connectivity index (χ0) is 13.7. The molecular formula is C13H13BrN4O. The zero-order valence-corrected chi connectivity index (χ0v) is 12.2. The van der Waals surface area contributed by atoms with E-state index in [1.54, 1.807) is 11.9 Å². The first-order valence-electron chi connectivity index (χ1n) is 5.86. The predicted octanol–water partition coefficient (Wildman–Crippen LogP) is 1.95. The number of fused-ring (bicyclic) bond motifs is 1. The van der Waals surface area contributed by atoms with Crippen LogP contribution in [0, 0.1) is 0 Å². The number of nitrogen functional groups attached to an aromatic ring is 1. The van der Waals surface area contributed by atoms with Crippen molar-refractivity contribution in [2.24, 2.45) is 7.05 Å². The standard InChI is InChI=1S/C13H13BrN4O/c1-17-9-4-3-7(5-8(9)6-10(17)19)11-12(14)16-13(15)18(11)2/h3-5H,6H2,1-2H3,(H2,15,16). The maximum absolute atomic E-state index is 11.7. The molecule has 2 N–H and O–H groups in total. The Kier molecular flexibility index (Phi) is 2.63. The van der Waals surface area contributed by atoms with E-state index in [0.717, 1.165) is 22.5 Å². The second-order valence-corrected chi connectivity index (χ2v) is 5.39. The van der Waals surface area contributed by atoms with Crippen LogP contribution in [-0.2, 0) is 18.3 Å². The largest absolute Gasteiger partial charge is 0.369 e. The molecule has 0 saturated heterocycles. The van der Waals surface area contributed by atoms with Crippen LogP contribution in [0.25, 0.3) is 11.3 Å². The fourth-order valence-corrected chi connectivity index (χ4v) is 3.09. The van der Waals surface area contributed by atoms with E-state index < -0.39 is 0 Å². The number of amides is 1. The van der Waals surface area contributed by atoms with Crippen molar-refractivity contribution in [2.75, 3.05) is 17.7 Å². The first-order valence-corrected chi connectivity index (χ1v) is 6.66. The fraction of sp³-hybridized carbons (Fsp3) is 0.231. The maximum atomic E-state index is 11.7. The Labute approximate surface area is 119 Å². The summed E-state index contributed by atoms with van der Waals surface area (Å²) in [7, 11) is 3.67. The van der Waals surface area contributed by atoms with Gasteiger partial charge in [-0.1, -0.05) is 6.07 Å². The molecule has 1 aromatic carbocycles. The van der Waals surface area contributed by atoms with Crippen LogP contribution in [-0.4, -0.2) is 22.5 Å². The summed E-state index contributed by atoms with van der Waals surface area (Å²) in [5.74, 6) is 0.575. The highest BCUT2D eigenvalue weighted by Crippen LogP contribution is 2.35. The molecule has 98 valence electrons. The minimum absolute atomic E-state index is 0.121. The minimum Gasteiger partial charge on any atom is -0.369 e. The second kappa shape index (κ2) is 4.09. The topological polar surface area (TPSA) is 64.2 Å². The number of rotatable bonds is 1. The average molecular weight is 321 g/mol. The number of hydrogen-bond donors (Lipinski definition) is 1. The van der Waals surface area contributed by atoms with Crippen molar-refractivity contribution < 1.29 is 4.79 Å². The molecule has 1 amide bonds. The molecule has 0 saturated carbocycles. The molecule has 1 aliphatic rings. The molecule has 3 rings (SSSR count). The van der Waals surface area contributed by atoms with Crippen LogP contribution < -0.4 is 10.6 Å². The van der Waals surface area contributed by atoms with Crippen LogP contribution in [0.4, 0.5) is 11.6 Å². The number of hydrogen-bond acceptors (Lipinski definition) is 3. The SMILES string of the molecule is CN1C(=O)Cc2cc(-c3c(Br)nc(N)n3C)ccc21. The van der Waals surface area contributed by atoms with E-state index in [2.05, 4.69) is 20.9 Å². The minimum atomic E-state index is 0.121. The lowest BCUT2D eigenvalue weighted by molar-refractivity contribution is -0.117. The van der Waals surface area contributed by atoms with E-state index in [1.165, 1.54) is 0 Å². The van der Waals surface area contributed by atoms with Gasteiger partial charge < -0.3 is 15.2 Å². The monoisotopic (exact) mass is 320 g/mol. The quantitative estimate of drug-likeness (QED) is 0.873. The van der Waals surface area contributed by atoms with Gasteiger partial charge in [0.15, 0.2) is 0 Å². The van der Waals surface area contributed by atoms with Crippen LogP contribution in [0.15, 0.2) is 22.8 Å². The van der Waals surface area contributed by atoms with Gasteiger partial charge in [-0.3, -0.25) is 4.79 Å². The summed E-state index contributed by atoms with van der Waals surface area (Å²) < 4.78 is 2.54. The summed E-state index contributed by atoms with van der Waals surface area (Å²) in [6.07, 6.45) is 0.449. The summed E-state index contributed by atoms with van der Waals surface area (Å²) in [6.45, 7) is 0. The van der Waals surface area contributed by atoms with Crippen molar-refractivity contribution in [1.82, 2.24) is 9.55 Å². The number of anilines is 2. The molecule has 2 heterocycles. The van der Waals surface area contributed by atoms with Crippen LogP contribution in [0.1, 0.15) is 5.56 Å². The normalized spacial score (nSPS) is 14.1. The van der Waals surface area contributed by atoms with Crippen molar-refractivity contribution in [2.45, 2.75) is 6.42 Å². The molecular weight excluding hydrogens is 308 g/mol. The summed E-state index contributed by atoms with van der Waals surface area (Å²) >= 11 is 3.42. The van der Waals surface area contributed by atoms with Crippen LogP contribution in [0.3, 0.4) is 0 Å². The molecule has 0 fully saturated rings. The van der Waals surface area contributed by atoms with Gasteiger partial charge in [0.2, 0.25) is 11.9 Å². The molecule has 5 nitrogen and oxygen atoms in total. The van der Waals surface area contributed by atoms with E-state index in [1.807, 2.05) is 29.8 Å². The number of nitrogens with two attached hydrogens (primary N) is 1. The Hall–Kier alpha value is -1.82. The first-order chi connectivity index (χ1) is 8.99. The molecule has 1 aliphatic heterocycles. The van der Waals surface area contributed by atoms with Gasteiger partial charge in [0.25, 0.3) is 0 Å². The van der Waals surface area contributed by atoms with Crippen LogP contribution in [0.5, 0.6) is 0 Å². The van der Waals surface area contributed by atoms with E-state index in [0.29, 0.717) is 17.0 Å². The molecule has 6 heteroatoms. The number of aromatic nitrogens is 2. The number of imidazole rings is 1. The summed E-state index contributed by atoms with van der Waals surface area (Å²) in [5.41, 5.74) is 9.73. The van der Waals surface area contributed by atoms with Gasteiger partial charge >= 0.3 is 0 Å². The molecule has 1 aromatic heterocycles. The Bertz CT molecular complexity index is 692. The number of carbonyl (C=O) groups is 1. The summed E-state index contributed by atoms with van der Waals surface area (Å²) in [4.78, 5) is 17.6. The number of nitrogens with zero attached hydrogens (tertiary/aromatic N) is 3. The van der Waals surface area contributed by atoms with Crippen molar-refractivity contribution in [1.29, 1.82) is 0 Å². The highest BCUT2D eigenvalue weighted by molar-refractivity contribution is 9.10. The maximum Gasteiger partial charge on any atom is 0.231 e. The van der Waals surface area contributed by atoms with E-state index >= 15 is 0 Å². The third-order valence-corrected chi connectivity index (χ3v) is 4.07. The van der Waals surface area contributed by atoms with Gasteiger partial charge in [0.05, 0.1) is 12.1 Å². The van der Waals surface area contributed by atoms with E-state index in [9.17, 15) is 4.79 Å². The molecule has 0 unspecified atom stereocenters. The molecule has 19 heavy (non-hydrogen) atoms. The van der Waals surface area contributed by atoms with Crippen LogP contribution in [0.2, 0.25) is 0 Å². The Morgan fingerprint density at radius 2 is 2.11 bits per heavy atom. The van der Waals surface area contributed by atoms with Gasteiger partial charge in [0.1, 0.15) is 4.60 Å². The molecule has 0 spiro atoms. The Morgan fingerprint density at radius 3 is 2.74 bits per heavy atom. The summed E-state index contributed by atoms with van der Waals surface area (Å²) in [6, 6.07) is 5.97. The lowest BCUT2D eigenvalue weighted by Crippen LogP contribution is -2.20. The average Bonchev–Trinajstić information content (AvgIpc) is 2.78. The van der Waals surface area contributed by atoms with Crippen LogP contribution >= 0.6 is 15.9 Å². The molecule has 0 radical (unpaired) electrons. The summed E-state index contributed by atoms with van der Waals surface area (Å²) in [5, 5.41) is 0. The molecule has 0 bridgehead atoms. The van der Waals surface area contributed by atoms with Gasteiger partial charge in [-0.05, 0) is 33.6 Å². The van der Waals surface area contributed by atoms with Gasteiger partial charge in [0, 0.05) is 25.3 Å². The smallest absolute Gasteiger partial charge is 0.231 e. The lowest BCUT2D eigenvalue weighted by Gasteiger charge is -2.11. The number of carbonyl (C=O) groups excluding carboxylic acids is 1. The third kappa shape index (κ3) is 1.74. The zero-order valence-electron chi connectivity index (χ0n) is 10.6. The van der Waals surface area contributed by atoms with E-state index in [4.69, 9.17) is 5.73 Å². The van der Waals surface area contributed by atoms with Crippen molar-refractivity contribution in [3.8, 4) is 11.3 Å². The highest BCUT2D eigenvalue weighted by atomic mass is 79.9. The number of likely N-dealkylation sites (N-methyl/N-ethyl adjacent to an activating group) is 1. The van der Waals surface area contributed by atoms with Gasteiger partial charge in [-0.25, -0.2) is 4.98 Å². The number of halogens is 1. The Morgan fingerprint density at radius 1 is 1.37 bits per heavy atom. The third-order valence-electron chi connectivity index (χ3n) is 3.52. The Balaban J connectivity index is 2.14. The predicted molar refractivity (Wildman–Crippen MR) is 77.9 cm³/mol. The van der Waals surface area contributed by atoms with Gasteiger partial charge in [-0.2, -0.15) is 0 Å². The first kappa shape index (κ1) is 12.2. The second-order valence-electron chi connectivity index (χ2n) is 4.64. The lowest BCUT2D eigenvalue weighted by atomic mass is 10.1. The van der Waals surface area contributed by atoms with Crippen molar-refractivity contribution in [3.63, 3.8) is 0 Å². The molecule has 0 aliphatic carbocycles. The van der Waals surface area contributed by atoms with E-state index in [-0.39, 0.29) is 5.91 Å². The highest BCUT2D eigenvalue weighted by Gasteiger charge is 2.25. The number of benzene rings is 1. The van der Waals surface area contributed by atoms with Gasteiger partial charge in [-0.15, -0.1) is 0 Å². The molecule has 2 aromatic rings. The molecule has 0 atom stereocenters.